The summed E-state index contributed by atoms with van der Waals surface area (Å²) in [4.78, 5) is 33.6. The molecule has 1 aliphatic heterocycles. The number of aromatic nitrogens is 4. The van der Waals surface area contributed by atoms with Crippen molar-refractivity contribution in [2.24, 2.45) is 0 Å². The van der Waals surface area contributed by atoms with Crippen LogP contribution in [0, 0.1) is 0 Å². The second kappa shape index (κ2) is 8.43. The number of carbonyl (C=O) groups is 1. The minimum absolute atomic E-state index is 0.0845. The number of hydrogen-bond acceptors (Lipinski definition) is 7. The molecule has 1 N–H and O–H groups in total. The minimum atomic E-state index is -0.0845. The van der Waals surface area contributed by atoms with Gasteiger partial charge in [0.2, 0.25) is 5.95 Å². The molecule has 1 aromatic carbocycles. The third-order valence-electron chi connectivity index (χ3n) is 4.60. The molecule has 1 saturated heterocycles. The summed E-state index contributed by atoms with van der Waals surface area (Å²) in [6.07, 6.45) is 4.88. The Morgan fingerprint density at radius 3 is 2.43 bits per heavy atom. The van der Waals surface area contributed by atoms with Gasteiger partial charge in [-0.2, -0.15) is 0 Å². The molecule has 0 bridgehead atoms. The molecule has 0 atom stereocenters. The Bertz CT molecular complexity index is 912. The highest BCUT2D eigenvalue weighted by Gasteiger charge is 2.24. The number of benzene rings is 1. The van der Waals surface area contributed by atoms with E-state index >= 15 is 0 Å². The summed E-state index contributed by atoms with van der Waals surface area (Å²) in [5, 5.41) is 3.24. The molecule has 8 nitrogen and oxygen atoms in total. The van der Waals surface area contributed by atoms with E-state index in [2.05, 4.69) is 30.2 Å². The SMILES string of the molecule is O=C(c1cc(NCc2ccccc2)ncn1)N1CCN(c2ncccn2)CC1. The van der Waals surface area contributed by atoms with Crippen molar-refractivity contribution in [1.29, 1.82) is 0 Å². The van der Waals surface area contributed by atoms with Gasteiger partial charge in [0.05, 0.1) is 0 Å². The quantitative estimate of drug-likeness (QED) is 0.728. The fourth-order valence-corrected chi connectivity index (χ4v) is 3.09. The lowest BCUT2D eigenvalue weighted by Gasteiger charge is -2.34. The molecule has 1 fully saturated rings. The van der Waals surface area contributed by atoms with Crippen LogP contribution in [0.2, 0.25) is 0 Å². The van der Waals surface area contributed by atoms with Crippen LogP contribution in [0.5, 0.6) is 0 Å². The monoisotopic (exact) mass is 375 g/mol. The molecular weight excluding hydrogens is 354 g/mol. The third-order valence-corrected chi connectivity index (χ3v) is 4.60. The van der Waals surface area contributed by atoms with Gasteiger partial charge in [-0.25, -0.2) is 19.9 Å². The molecule has 0 unspecified atom stereocenters. The number of amides is 1. The zero-order valence-corrected chi connectivity index (χ0v) is 15.4. The number of piperazine rings is 1. The van der Waals surface area contributed by atoms with Gasteiger partial charge in [-0.15, -0.1) is 0 Å². The molecule has 4 rings (SSSR count). The van der Waals surface area contributed by atoms with E-state index in [1.165, 1.54) is 6.33 Å². The molecule has 3 heterocycles. The van der Waals surface area contributed by atoms with Gasteiger partial charge in [-0.3, -0.25) is 4.79 Å². The predicted octanol–water partition coefficient (Wildman–Crippen LogP) is 1.84. The number of anilines is 2. The molecular formula is C20H21N7O. The molecule has 0 aliphatic carbocycles. The van der Waals surface area contributed by atoms with E-state index in [9.17, 15) is 4.79 Å². The van der Waals surface area contributed by atoms with Gasteiger partial charge >= 0.3 is 0 Å². The topological polar surface area (TPSA) is 87.1 Å². The molecule has 28 heavy (non-hydrogen) atoms. The van der Waals surface area contributed by atoms with E-state index in [4.69, 9.17) is 0 Å². The zero-order valence-electron chi connectivity index (χ0n) is 15.4. The maximum absolute atomic E-state index is 12.8. The van der Waals surface area contributed by atoms with Crippen molar-refractivity contribution in [2.45, 2.75) is 6.54 Å². The molecule has 0 spiro atoms. The Balaban J connectivity index is 1.36. The second-order valence-corrected chi connectivity index (χ2v) is 6.46. The summed E-state index contributed by atoms with van der Waals surface area (Å²) >= 11 is 0. The summed E-state index contributed by atoms with van der Waals surface area (Å²) in [5.74, 6) is 1.25. The number of nitrogens with zero attached hydrogens (tertiary/aromatic N) is 6. The first kappa shape index (κ1) is 17.8. The molecule has 8 heteroatoms. The number of rotatable bonds is 5. The van der Waals surface area contributed by atoms with Crippen molar-refractivity contribution in [3.63, 3.8) is 0 Å². The van der Waals surface area contributed by atoms with Crippen LogP contribution in [0.15, 0.2) is 61.2 Å². The highest BCUT2D eigenvalue weighted by molar-refractivity contribution is 5.93. The van der Waals surface area contributed by atoms with E-state index < -0.39 is 0 Å². The molecule has 1 aliphatic rings. The maximum Gasteiger partial charge on any atom is 0.272 e. The fourth-order valence-electron chi connectivity index (χ4n) is 3.09. The normalized spacial score (nSPS) is 14.0. The Kier molecular flexibility index (Phi) is 5.37. The van der Waals surface area contributed by atoms with E-state index in [1.807, 2.05) is 35.2 Å². The maximum atomic E-state index is 12.8. The van der Waals surface area contributed by atoms with Crippen molar-refractivity contribution < 1.29 is 4.79 Å². The molecule has 0 radical (unpaired) electrons. The first-order chi connectivity index (χ1) is 13.8. The van der Waals surface area contributed by atoms with Crippen LogP contribution in [0.4, 0.5) is 11.8 Å². The molecule has 0 saturated carbocycles. The lowest BCUT2D eigenvalue weighted by atomic mass is 10.2. The third kappa shape index (κ3) is 4.22. The smallest absolute Gasteiger partial charge is 0.272 e. The summed E-state index contributed by atoms with van der Waals surface area (Å²) < 4.78 is 0. The van der Waals surface area contributed by atoms with Gasteiger partial charge in [-0.05, 0) is 11.6 Å². The van der Waals surface area contributed by atoms with Crippen molar-refractivity contribution in [2.75, 3.05) is 36.4 Å². The van der Waals surface area contributed by atoms with Gasteiger partial charge < -0.3 is 15.1 Å². The van der Waals surface area contributed by atoms with Crippen molar-refractivity contribution in [3.8, 4) is 0 Å². The van der Waals surface area contributed by atoms with E-state index in [0.29, 0.717) is 50.2 Å². The van der Waals surface area contributed by atoms with Crippen LogP contribution in [-0.4, -0.2) is 56.9 Å². The first-order valence-corrected chi connectivity index (χ1v) is 9.21. The summed E-state index contributed by atoms with van der Waals surface area (Å²) in [5.41, 5.74) is 1.54. The van der Waals surface area contributed by atoms with Crippen molar-refractivity contribution >= 4 is 17.7 Å². The minimum Gasteiger partial charge on any atom is -0.366 e. The van der Waals surface area contributed by atoms with Gasteiger partial charge in [0.1, 0.15) is 17.8 Å². The summed E-state index contributed by atoms with van der Waals surface area (Å²) in [6, 6.07) is 13.5. The predicted molar refractivity (Wildman–Crippen MR) is 106 cm³/mol. The van der Waals surface area contributed by atoms with Gasteiger partial charge in [0.25, 0.3) is 5.91 Å². The van der Waals surface area contributed by atoms with Gasteiger partial charge in [0.15, 0.2) is 0 Å². The second-order valence-electron chi connectivity index (χ2n) is 6.46. The van der Waals surface area contributed by atoms with Crippen molar-refractivity contribution in [3.05, 3.63) is 72.4 Å². The molecule has 3 aromatic rings. The van der Waals surface area contributed by atoms with E-state index in [0.717, 1.165) is 5.56 Å². The lowest BCUT2D eigenvalue weighted by Crippen LogP contribution is -2.49. The average Bonchev–Trinajstić information content (AvgIpc) is 2.79. The fraction of sp³-hybridized carbons (Fsp3) is 0.250. The highest BCUT2D eigenvalue weighted by atomic mass is 16.2. The Labute approximate surface area is 163 Å². The lowest BCUT2D eigenvalue weighted by molar-refractivity contribution is 0.0740. The molecule has 1 amide bonds. The van der Waals surface area contributed by atoms with Gasteiger partial charge in [-0.1, -0.05) is 30.3 Å². The Morgan fingerprint density at radius 1 is 0.929 bits per heavy atom. The standard InChI is InChI=1S/C20H21N7O/c28-19(26-9-11-27(12-10-26)20-21-7-4-8-22-20)17-13-18(25-15-24-17)23-14-16-5-2-1-3-6-16/h1-8,13,15H,9-12,14H2,(H,23,24,25). The Hall–Kier alpha value is -3.55. The van der Waals surface area contributed by atoms with Crippen LogP contribution >= 0.6 is 0 Å². The number of hydrogen-bond donors (Lipinski definition) is 1. The highest BCUT2D eigenvalue weighted by Crippen LogP contribution is 2.13. The molecule has 2 aromatic heterocycles. The van der Waals surface area contributed by atoms with Crippen LogP contribution in [0.1, 0.15) is 16.1 Å². The largest absolute Gasteiger partial charge is 0.366 e. The number of carbonyl (C=O) groups excluding carboxylic acids is 1. The Morgan fingerprint density at radius 2 is 1.68 bits per heavy atom. The number of nitrogens with one attached hydrogen (secondary N) is 1. The van der Waals surface area contributed by atoms with Crippen LogP contribution in [-0.2, 0) is 6.54 Å². The van der Waals surface area contributed by atoms with E-state index in [-0.39, 0.29) is 5.91 Å². The van der Waals surface area contributed by atoms with Crippen molar-refractivity contribution in [1.82, 2.24) is 24.8 Å². The van der Waals surface area contributed by atoms with Gasteiger partial charge in [0, 0.05) is 51.2 Å². The van der Waals surface area contributed by atoms with Crippen LogP contribution in [0.25, 0.3) is 0 Å². The van der Waals surface area contributed by atoms with Crippen LogP contribution in [0.3, 0.4) is 0 Å². The van der Waals surface area contributed by atoms with E-state index in [1.54, 1.807) is 24.5 Å². The summed E-state index contributed by atoms with van der Waals surface area (Å²) in [7, 11) is 0. The zero-order chi connectivity index (χ0) is 19.2. The first-order valence-electron chi connectivity index (χ1n) is 9.21. The summed E-state index contributed by atoms with van der Waals surface area (Å²) in [6.45, 7) is 3.24. The molecule has 142 valence electrons. The van der Waals surface area contributed by atoms with Crippen LogP contribution < -0.4 is 10.2 Å². The average molecular weight is 375 g/mol.